The lowest BCUT2D eigenvalue weighted by Crippen LogP contribution is -2.45. The molecule has 25 heavy (non-hydrogen) atoms. The maximum atomic E-state index is 6.53. The van der Waals surface area contributed by atoms with Crippen LogP contribution < -0.4 is 11.5 Å². The molecule has 3 aromatic carbocycles. The minimum absolute atomic E-state index is 0.858. The van der Waals surface area contributed by atoms with Gasteiger partial charge in [0.05, 0.1) is 0 Å². The largest absolute Gasteiger partial charge is 0.306 e. The first-order valence-electron chi connectivity index (χ1n) is 8.28. The molecule has 0 aromatic heterocycles. The average Bonchev–Trinajstić information content (AvgIpc) is 2.82. The number of rotatable bonds is 2. The van der Waals surface area contributed by atoms with Crippen molar-refractivity contribution in [3.63, 3.8) is 0 Å². The molecule has 1 aliphatic rings. The van der Waals surface area contributed by atoms with Crippen molar-refractivity contribution in [2.24, 2.45) is 11.5 Å². The Hall–Kier alpha value is -2.94. The minimum atomic E-state index is -1.04. The lowest BCUT2D eigenvalue weighted by molar-refractivity contribution is 0.585. The zero-order valence-electron chi connectivity index (χ0n) is 14.0. The molecule has 0 unspecified atom stereocenters. The summed E-state index contributed by atoms with van der Waals surface area (Å²) in [4.78, 5) is 0. The van der Waals surface area contributed by atoms with Gasteiger partial charge in [-0.15, -0.1) is 0 Å². The number of hydrogen-bond donors (Lipinski definition) is 2. The molecule has 4 rings (SSSR count). The molecule has 0 bridgehead atoms. The Labute approximate surface area is 147 Å². The predicted molar refractivity (Wildman–Crippen MR) is 108 cm³/mol. The van der Waals surface area contributed by atoms with Crippen molar-refractivity contribution in [3.05, 3.63) is 103 Å². The summed E-state index contributed by atoms with van der Waals surface area (Å²) in [6.45, 7) is 7.64. The monoisotopic (exact) mass is 324 g/mol. The van der Waals surface area contributed by atoms with Crippen LogP contribution in [0.25, 0.3) is 27.1 Å². The molecule has 122 valence electrons. The lowest BCUT2D eigenvalue weighted by atomic mass is 9.95. The van der Waals surface area contributed by atoms with E-state index in [-0.39, 0.29) is 0 Å². The van der Waals surface area contributed by atoms with E-state index in [0.29, 0.717) is 0 Å². The third-order valence-electron chi connectivity index (χ3n) is 4.92. The molecule has 2 nitrogen and oxygen atoms in total. The van der Waals surface area contributed by atoms with E-state index in [1.165, 1.54) is 16.2 Å². The summed E-state index contributed by atoms with van der Waals surface area (Å²) in [5, 5.41) is 4.77. The van der Waals surface area contributed by atoms with Crippen molar-refractivity contribution in [2.75, 3.05) is 0 Å². The number of allylic oxidation sites excluding steroid dienone is 4. The molecule has 3 aromatic rings. The van der Waals surface area contributed by atoms with Crippen LogP contribution in [0.4, 0.5) is 0 Å². The fraction of sp³-hybridized carbons (Fsp3) is 0.0435. The predicted octanol–water partition coefficient (Wildman–Crippen LogP) is 4.76. The van der Waals surface area contributed by atoms with Gasteiger partial charge in [-0.3, -0.25) is 0 Å². The van der Waals surface area contributed by atoms with Gasteiger partial charge in [-0.25, -0.2) is 0 Å². The van der Waals surface area contributed by atoms with Crippen molar-refractivity contribution in [3.8, 4) is 0 Å². The highest BCUT2D eigenvalue weighted by Crippen LogP contribution is 2.46. The first kappa shape index (κ1) is 15.6. The fourth-order valence-corrected chi connectivity index (χ4v) is 3.78. The van der Waals surface area contributed by atoms with Gasteiger partial charge in [-0.2, -0.15) is 0 Å². The molecule has 4 N–H and O–H groups in total. The smallest absolute Gasteiger partial charge is 0.118 e. The highest BCUT2D eigenvalue weighted by molar-refractivity contribution is 6.10. The molecule has 1 aliphatic carbocycles. The molecule has 0 saturated heterocycles. The van der Waals surface area contributed by atoms with Crippen LogP contribution in [0.2, 0.25) is 0 Å². The molecule has 0 aliphatic heterocycles. The number of fused-ring (bicyclic) bond motifs is 4. The normalized spacial score (nSPS) is 18.8. The quantitative estimate of drug-likeness (QED) is 0.527. The van der Waals surface area contributed by atoms with E-state index >= 15 is 0 Å². The second-order valence-corrected chi connectivity index (χ2v) is 6.41. The molecule has 0 atom stereocenters. The molecular weight excluding hydrogens is 304 g/mol. The van der Waals surface area contributed by atoms with Gasteiger partial charge in [-0.1, -0.05) is 73.9 Å². The average molecular weight is 324 g/mol. The third-order valence-corrected chi connectivity index (χ3v) is 4.92. The van der Waals surface area contributed by atoms with Crippen LogP contribution in [-0.2, 0) is 5.66 Å². The molecule has 0 amide bonds. The van der Waals surface area contributed by atoms with Crippen LogP contribution in [0.1, 0.15) is 11.1 Å². The van der Waals surface area contributed by atoms with Crippen LogP contribution in [0.3, 0.4) is 0 Å². The SMILES string of the molecule is C=C/C=C1\C(=C\C=C)C(N)(N)c2cc3ccc4ccccc4c3cc21. The van der Waals surface area contributed by atoms with Crippen LogP contribution in [0.15, 0.2) is 91.6 Å². The molecule has 0 heterocycles. The third kappa shape index (κ3) is 2.19. The molecule has 0 radical (unpaired) electrons. The summed E-state index contributed by atoms with van der Waals surface area (Å²) in [6.07, 6.45) is 7.34. The summed E-state index contributed by atoms with van der Waals surface area (Å²) in [6, 6.07) is 17.0. The highest BCUT2D eigenvalue weighted by atomic mass is 15.0. The van der Waals surface area contributed by atoms with Crippen molar-refractivity contribution in [2.45, 2.75) is 5.66 Å². The number of benzene rings is 3. The van der Waals surface area contributed by atoms with Gasteiger partial charge in [0, 0.05) is 0 Å². The van der Waals surface area contributed by atoms with E-state index < -0.39 is 5.66 Å². The maximum Gasteiger partial charge on any atom is 0.118 e. The van der Waals surface area contributed by atoms with E-state index in [2.05, 4.69) is 61.7 Å². The van der Waals surface area contributed by atoms with E-state index in [1.54, 1.807) is 12.2 Å². The zero-order chi connectivity index (χ0) is 17.6. The van der Waals surface area contributed by atoms with Gasteiger partial charge in [0.25, 0.3) is 0 Å². The van der Waals surface area contributed by atoms with Crippen molar-refractivity contribution >= 4 is 27.1 Å². The van der Waals surface area contributed by atoms with Crippen LogP contribution in [-0.4, -0.2) is 0 Å². The van der Waals surface area contributed by atoms with Gasteiger partial charge in [0.1, 0.15) is 5.66 Å². The van der Waals surface area contributed by atoms with Crippen LogP contribution in [0, 0.1) is 0 Å². The standard InChI is InChI=1S/C23H20N2/c1-3-7-18-20-14-19-16(12-11-15-9-5-6-10-17(15)19)13-22(20)23(24,25)21(18)8-4-2/h3-14H,1-2,24-25H2/b18-7-,21-8-. The minimum Gasteiger partial charge on any atom is -0.306 e. The summed E-state index contributed by atoms with van der Waals surface area (Å²) in [5.74, 6) is 0. The fourth-order valence-electron chi connectivity index (χ4n) is 3.78. The van der Waals surface area contributed by atoms with E-state index in [0.717, 1.165) is 27.7 Å². The Bertz CT molecular complexity index is 1100. The van der Waals surface area contributed by atoms with E-state index in [4.69, 9.17) is 11.5 Å². The van der Waals surface area contributed by atoms with Gasteiger partial charge in [0.2, 0.25) is 0 Å². The number of nitrogens with two attached hydrogens (primary N) is 2. The Morgan fingerprint density at radius 1 is 0.800 bits per heavy atom. The first-order valence-corrected chi connectivity index (χ1v) is 8.28. The van der Waals surface area contributed by atoms with Crippen molar-refractivity contribution in [1.29, 1.82) is 0 Å². The summed E-state index contributed by atoms with van der Waals surface area (Å²) in [5.41, 5.74) is 15.9. The summed E-state index contributed by atoms with van der Waals surface area (Å²) >= 11 is 0. The molecule has 0 fully saturated rings. The Morgan fingerprint density at radius 3 is 2.28 bits per heavy atom. The Kier molecular flexibility index (Phi) is 3.46. The lowest BCUT2D eigenvalue weighted by Gasteiger charge is -2.22. The van der Waals surface area contributed by atoms with Gasteiger partial charge in [-0.05, 0) is 56.0 Å². The van der Waals surface area contributed by atoms with E-state index in [9.17, 15) is 0 Å². The molecule has 2 heteroatoms. The van der Waals surface area contributed by atoms with Gasteiger partial charge >= 0.3 is 0 Å². The van der Waals surface area contributed by atoms with Crippen LogP contribution >= 0.6 is 0 Å². The van der Waals surface area contributed by atoms with E-state index in [1.807, 2.05) is 12.2 Å². The second kappa shape index (κ2) is 5.55. The summed E-state index contributed by atoms with van der Waals surface area (Å²) < 4.78 is 0. The van der Waals surface area contributed by atoms with Gasteiger partial charge < -0.3 is 11.5 Å². The summed E-state index contributed by atoms with van der Waals surface area (Å²) in [7, 11) is 0. The number of hydrogen-bond acceptors (Lipinski definition) is 2. The molecule has 0 spiro atoms. The van der Waals surface area contributed by atoms with Crippen molar-refractivity contribution < 1.29 is 0 Å². The Morgan fingerprint density at radius 2 is 1.52 bits per heavy atom. The second-order valence-electron chi connectivity index (χ2n) is 6.41. The topological polar surface area (TPSA) is 52.0 Å². The maximum absolute atomic E-state index is 6.53. The molecule has 0 saturated carbocycles. The van der Waals surface area contributed by atoms with Crippen molar-refractivity contribution in [1.82, 2.24) is 0 Å². The van der Waals surface area contributed by atoms with Crippen LogP contribution in [0.5, 0.6) is 0 Å². The highest BCUT2D eigenvalue weighted by Gasteiger charge is 2.39. The molecular formula is C23H20N2. The Balaban J connectivity index is 2.14. The first-order chi connectivity index (χ1) is 12.1. The zero-order valence-corrected chi connectivity index (χ0v) is 14.0. The van der Waals surface area contributed by atoms with Gasteiger partial charge in [0.15, 0.2) is 0 Å².